The van der Waals surface area contributed by atoms with Crippen molar-refractivity contribution >= 4 is 17.5 Å². The predicted octanol–water partition coefficient (Wildman–Crippen LogP) is 9.09. The Labute approximate surface area is 240 Å². The first-order chi connectivity index (χ1) is 19.3. The SMILES string of the molecule is C=CCC(CCC)OC(=O)Nc1cc2c3c(c1)C(c1ccc(C)cc1C)CCN3CCC2c1ccc(C)cc1C. The molecule has 40 heavy (non-hydrogen) atoms. The summed E-state index contributed by atoms with van der Waals surface area (Å²) < 4.78 is 5.84. The van der Waals surface area contributed by atoms with Crippen LogP contribution in [0.5, 0.6) is 0 Å². The van der Waals surface area contributed by atoms with Gasteiger partial charge in [0.15, 0.2) is 0 Å². The quantitative estimate of drug-likeness (QED) is 0.292. The van der Waals surface area contributed by atoms with Crippen molar-refractivity contribution in [2.75, 3.05) is 23.3 Å². The molecule has 3 atom stereocenters. The van der Waals surface area contributed by atoms with Gasteiger partial charge in [0, 0.05) is 42.7 Å². The van der Waals surface area contributed by atoms with Gasteiger partial charge in [-0.1, -0.05) is 66.9 Å². The number of anilines is 2. The van der Waals surface area contributed by atoms with Crippen molar-refractivity contribution < 1.29 is 9.53 Å². The zero-order valence-electron chi connectivity index (χ0n) is 24.8. The Morgan fingerprint density at radius 3 is 1.95 bits per heavy atom. The molecule has 3 unspecified atom stereocenters. The second-order valence-corrected chi connectivity index (χ2v) is 11.9. The lowest BCUT2D eigenvalue weighted by molar-refractivity contribution is 0.106. The maximum absolute atomic E-state index is 13.1. The van der Waals surface area contributed by atoms with Crippen LogP contribution in [0.2, 0.25) is 0 Å². The predicted molar refractivity (Wildman–Crippen MR) is 167 cm³/mol. The van der Waals surface area contributed by atoms with E-state index in [0.29, 0.717) is 6.42 Å². The van der Waals surface area contributed by atoms with E-state index in [1.54, 1.807) is 0 Å². The summed E-state index contributed by atoms with van der Waals surface area (Å²) in [7, 11) is 0. The van der Waals surface area contributed by atoms with Gasteiger partial charge in [-0.15, -0.1) is 6.58 Å². The minimum absolute atomic E-state index is 0.153. The Hall–Kier alpha value is -3.53. The standard InChI is InChI=1S/C36H44N2O2/c1-7-9-28(10-8-2)40-36(39)37-27-21-33-31(29-13-11-23(3)19-25(29)5)15-17-38-18-16-32(34(22-27)35(33)38)30-14-12-24(4)20-26(30)6/h7,11-14,19-22,28,31-32H,1,8-10,15-18H2,2-6H3,(H,37,39). The van der Waals surface area contributed by atoms with Crippen molar-refractivity contribution in [3.8, 4) is 0 Å². The van der Waals surface area contributed by atoms with Crippen LogP contribution in [0.3, 0.4) is 0 Å². The van der Waals surface area contributed by atoms with E-state index in [4.69, 9.17) is 4.74 Å². The van der Waals surface area contributed by atoms with Gasteiger partial charge in [-0.3, -0.25) is 5.32 Å². The first-order valence-electron chi connectivity index (χ1n) is 14.9. The molecular weight excluding hydrogens is 492 g/mol. The molecule has 0 spiro atoms. The molecule has 1 N–H and O–H groups in total. The molecule has 1 amide bonds. The van der Waals surface area contributed by atoms with Crippen molar-refractivity contribution in [2.45, 2.75) is 84.7 Å². The molecule has 2 aliphatic rings. The first-order valence-corrected chi connectivity index (χ1v) is 14.9. The van der Waals surface area contributed by atoms with Crippen LogP contribution >= 0.6 is 0 Å². The van der Waals surface area contributed by atoms with E-state index in [-0.39, 0.29) is 24.0 Å². The summed E-state index contributed by atoms with van der Waals surface area (Å²) in [5.41, 5.74) is 12.8. The summed E-state index contributed by atoms with van der Waals surface area (Å²) in [6, 6.07) is 18.1. The van der Waals surface area contributed by atoms with Crippen molar-refractivity contribution in [2.24, 2.45) is 0 Å². The highest BCUT2D eigenvalue weighted by molar-refractivity contribution is 5.87. The van der Waals surface area contributed by atoms with Crippen LogP contribution in [0.4, 0.5) is 16.2 Å². The molecule has 3 aromatic rings. The Morgan fingerprint density at radius 2 is 1.48 bits per heavy atom. The van der Waals surface area contributed by atoms with E-state index < -0.39 is 0 Å². The molecular formula is C36H44N2O2. The second kappa shape index (κ2) is 11.9. The van der Waals surface area contributed by atoms with Crippen LogP contribution in [0, 0.1) is 27.7 Å². The third kappa shape index (κ3) is 5.68. The van der Waals surface area contributed by atoms with E-state index in [9.17, 15) is 4.79 Å². The third-order valence-corrected chi connectivity index (χ3v) is 8.77. The van der Waals surface area contributed by atoms with E-state index in [2.05, 4.69) is 99.9 Å². The van der Waals surface area contributed by atoms with Gasteiger partial charge in [0.2, 0.25) is 0 Å². The van der Waals surface area contributed by atoms with E-state index in [1.165, 1.54) is 50.2 Å². The summed E-state index contributed by atoms with van der Waals surface area (Å²) in [4.78, 5) is 15.7. The summed E-state index contributed by atoms with van der Waals surface area (Å²) in [6.07, 6.45) is 5.87. The molecule has 2 heterocycles. The fraction of sp³-hybridized carbons (Fsp3) is 0.417. The highest BCUT2D eigenvalue weighted by Crippen LogP contribution is 2.50. The number of ether oxygens (including phenoxy) is 1. The lowest BCUT2D eigenvalue weighted by atomic mass is 9.75. The maximum atomic E-state index is 13.1. The number of carbonyl (C=O) groups excluding carboxylic acids is 1. The number of hydrogen-bond acceptors (Lipinski definition) is 3. The number of carbonyl (C=O) groups is 1. The smallest absolute Gasteiger partial charge is 0.411 e. The van der Waals surface area contributed by atoms with Crippen molar-refractivity contribution in [1.82, 2.24) is 0 Å². The number of hydrogen-bond donors (Lipinski definition) is 1. The average Bonchev–Trinajstić information content (AvgIpc) is 2.90. The van der Waals surface area contributed by atoms with Crippen LogP contribution < -0.4 is 10.2 Å². The van der Waals surface area contributed by atoms with Gasteiger partial charge < -0.3 is 9.64 Å². The molecule has 5 rings (SSSR count). The highest BCUT2D eigenvalue weighted by atomic mass is 16.6. The fourth-order valence-corrected chi connectivity index (χ4v) is 6.98. The Balaban J connectivity index is 1.60. The minimum atomic E-state index is -0.387. The van der Waals surface area contributed by atoms with Gasteiger partial charge in [-0.2, -0.15) is 0 Å². The fourth-order valence-electron chi connectivity index (χ4n) is 6.98. The lowest BCUT2D eigenvalue weighted by Crippen LogP contribution is -2.38. The minimum Gasteiger partial charge on any atom is -0.446 e. The zero-order chi connectivity index (χ0) is 28.4. The van der Waals surface area contributed by atoms with Gasteiger partial charge in [0.1, 0.15) is 6.10 Å². The van der Waals surface area contributed by atoms with Gasteiger partial charge in [-0.05, 0) is 92.5 Å². The van der Waals surface area contributed by atoms with Crippen LogP contribution in [-0.4, -0.2) is 25.3 Å². The van der Waals surface area contributed by atoms with Crippen LogP contribution in [0.1, 0.15) is 95.4 Å². The molecule has 4 heteroatoms. The lowest BCUT2D eigenvalue weighted by Gasteiger charge is -2.43. The summed E-state index contributed by atoms with van der Waals surface area (Å²) in [5.74, 6) is 0.574. The van der Waals surface area contributed by atoms with Gasteiger partial charge in [0.25, 0.3) is 0 Å². The summed E-state index contributed by atoms with van der Waals surface area (Å²) in [6.45, 7) is 16.8. The number of rotatable bonds is 8. The van der Waals surface area contributed by atoms with Crippen molar-refractivity contribution in [3.05, 3.63) is 106 Å². The molecule has 0 bridgehead atoms. The number of nitrogens with zero attached hydrogens (tertiary/aromatic N) is 1. The van der Waals surface area contributed by atoms with Crippen molar-refractivity contribution in [1.29, 1.82) is 0 Å². The Kier molecular flexibility index (Phi) is 8.35. The molecule has 210 valence electrons. The molecule has 3 aromatic carbocycles. The normalized spacial score (nSPS) is 18.6. The van der Waals surface area contributed by atoms with Gasteiger partial charge in [-0.25, -0.2) is 4.79 Å². The van der Waals surface area contributed by atoms with Crippen molar-refractivity contribution in [3.63, 3.8) is 0 Å². The first kappa shape index (κ1) is 28.0. The van der Waals surface area contributed by atoms with Crippen LogP contribution in [-0.2, 0) is 4.74 Å². The summed E-state index contributed by atoms with van der Waals surface area (Å²) >= 11 is 0. The Bertz CT molecular complexity index is 1320. The third-order valence-electron chi connectivity index (χ3n) is 8.77. The highest BCUT2D eigenvalue weighted by Gasteiger charge is 2.36. The molecule has 0 aromatic heterocycles. The van der Waals surface area contributed by atoms with E-state index in [0.717, 1.165) is 44.5 Å². The zero-order valence-corrected chi connectivity index (χ0v) is 24.8. The molecule has 0 fully saturated rings. The molecule has 2 aliphatic heterocycles. The number of benzene rings is 3. The average molecular weight is 537 g/mol. The molecule has 0 saturated heterocycles. The topological polar surface area (TPSA) is 41.6 Å². The van der Waals surface area contributed by atoms with E-state index >= 15 is 0 Å². The number of nitrogens with one attached hydrogen (secondary N) is 1. The summed E-state index contributed by atoms with van der Waals surface area (Å²) in [5, 5.41) is 3.13. The van der Waals surface area contributed by atoms with E-state index in [1.807, 2.05) is 6.08 Å². The van der Waals surface area contributed by atoms with Crippen LogP contribution in [0.15, 0.2) is 61.2 Å². The number of aryl methyl sites for hydroxylation is 4. The van der Waals surface area contributed by atoms with Crippen LogP contribution in [0.25, 0.3) is 0 Å². The Morgan fingerprint density at radius 1 is 0.925 bits per heavy atom. The maximum Gasteiger partial charge on any atom is 0.411 e. The second-order valence-electron chi connectivity index (χ2n) is 11.9. The number of amides is 1. The molecule has 0 saturated carbocycles. The molecule has 4 nitrogen and oxygen atoms in total. The monoisotopic (exact) mass is 536 g/mol. The molecule has 0 aliphatic carbocycles. The van der Waals surface area contributed by atoms with Gasteiger partial charge in [0.05, 0.1) is 0 Å². The largest absolute Gasteiger partial charge is 0.446 e. The van der Waals surface area contributed by atoms with Gasteiger partial charge >= 0.3 is 6.09 Å². The molecule has 0 radical (unpaired) electrons.